The summed E-state index contributed by atoms with van der Waals surface area (Å²) in [5.74, 6) is 0.177. The Morgan fingerprint density at radius 1 is 1.91 bits per heavy atom. The molecule has 0 radical (unpaired) electrons. The van der Waals surface area contributed by atoms with Crippen molar-refractivity contribution in [2.45, 2.75) is 11.8 Å². The molecule has 4 nitrogen and oxygen atoms in total. The van der Waals surface area contributed by atoms with Crippen molar-refractivity contribution in [3.05, 3.63) is 11.1 Å². The molecule has 11 heavy (non-hydrogen) atoms. The van der Waals surface area contributed by atoms with Crippen LogP contribution < -0.4 is 5.73 Å². The zero-order valence-electron chi connectivity index (χ0n) is 5.70. The summed E-state index contributed by atoms with van der Waals surface area (Å²) >= 11 is 1.49. The van der Waals surface area contributed by atoms with Gasteiger partial charge in [-0.2, -0.15) is 0 Å². The van der Waals surface area contributed by atoms with Gasteiger partial charge in [-0.15, -0.1) is 0 Å². The Kier molecular flexibility index (Phi) is 1.23. The average molecular weight is 169 g/mol. The number of rotatable bonds is 1. The Hall–Kier alpha value is -0.970. The number of nitrogens with one attached hydrogen (secondary N) is 1. The van der Waals surface area contributed by atoms with Gasteiger partial charge >= 0.3 is 0 Å². The predicted molar refractivity (Wildman–Crippen MR) is 42.8 cm³/mol. The van der Waals surface area contributed by atoms with Crippen molar-refractivity contribution in [2.75, 3.05) is 0 Å². The van der Waals surface area contributed by atoms with E-state index in [4.69, 9.17) is 11.1 Å². The molecule has 0 aromatic carbocycles. The third-order valence-corrected chi connectivity index (χ3v) is 2.98. The lowest BCUT2D eigenvalue weighted by molar-refractivity contribution is -0.137. The molecule has 5 heteroatoms. The lowest BCUT2D eigenvalue weighted by atomic mass is 10.2. The third-order valence-electron chi connectivity index (χ3n) is 1.73. The van der Waals surface area contributed by atoms with Crippen LogP contribution in [0.1, 0.15) is 6.42 Å². The van der Waals surface area contributed by atoms with Crippen LogP contribution in [0.15, 0.2) is 11.1 Å². The second-order valence-electron chi connectivity index (χ2n) is 2.48. The Morgan fingerprint density at radius 2 is 2.64 bits per heavy atom. The van der Waals surface area contributed by atoms with Gasteiger partial charge in [0.2, 0.25) is 5.91 Å². The van der Waals surface area contributed by atoms with Crippen molar-refractivity contribution in [3.63, 3.8) is 0 Å². The van der Waals surface area contributed by atoms with E-state index >= 15 is 0 Å². The van der Waals surface area contributed by atoms with Crippen molar-refractivity contribution in [2.24, 2.45) is 5.73 Å². The largest absolute Gasteiger partial charge is 0.383 e. The van der Waals surface area contributed by atoms with Gasteiger partial charge in [0.15, 0.2) is 0 Å². The van der Waals surface area contributed by atoms with E-state index in [1.54, 1.807) is 11.1 Å². The monoisotopic (exact) mass is 169 g/mol. The smallest absolute Gasteiger partial charge is 0.230 e. The van der Waals surface area contributed by atoms with Crippen molar-refractivity contribution < 1.29 is 4.79 Å². The highest BCUT2D eigenvalue weighted by atomic mass is 32.2. The van der Waals surface area contributed by atoms with Crippen LogP contribution >= 0.6 is 11.8 Å². The maximum atomic E-state index is 10.8. The molecule has 1 atom stereocenters. The van der Waals surface area contributed by atoms with Gasteiger partial charge in [-0.05, 0) is 0 Å². The molecule has 3 N–H and O–H groups in total. The lowest BCUT2D eigenvalue weighted by Crippen LogP contribution is -2.44. The lowest BCUT2D eigenvalue weighted by Gasteiger charge is -2.31. The fourth-order valence-corrected chi connectivity index (χ4v) is 2.20. The number of hydrogen-bond acceptors (Lipinski definition) is 3. The van der Waals surface area contributed by atoms with Gasteiger partial charge in [-0.3, -0.25) is 10.2 Å². The summed E-state index contributed by atoms with van der Waals surface area (Å²) in [5, 5.41) is 7.34. The van der Waals surface area contributed by atoms with Crippen LogP contribution in [0.3, 0.4) is 0 Å². The number of thioether (sulfide) groups is 1. The van der Waals surface area contributed by atoms with E-state index in [2.05, 4.69) is 0 Å². The molecule has 1 amide bonds. The molecule has 2 heterocycles. The van der Waals surface area contributed by atoms with Gasteiger partial charge in [0.25, 0.3) is 0 Å². The number of amides is 1. The molecule has 0 aliphatic carbocycles. The minimum atomic E-state index is 0.0530. The van der Waals surface area contributed by atoms with Crippen LogP contribution in [0, 0.1) is 5.41 Å². The zero-order chi connectivity index (χ0) is 8.01. The topological polar surface area (TPSA) is 70.2 Å². The van der Waals surface area contributed by atoms with E-state index in [9.17, 15) is 4.79 Å². The van der Waals surface area contributed by atoms with Gasteiger partial charge in [0.05, 0.1) is 16.7 Å². The Balaban J connectivity index is 2.18. The number of nitrogens with two attached hydrogens (primary N) is 1. The van der Waals surface area contributed by atoms with Crippen LogP contribution in [-0.4, -0.2) is 22.0 Å². The van der Waals surface area contributed by atoms with Crippen molar-refractivity contribution >= 4 is 23.5 Å². The van der Waals surface area contributed by atoms with E-state index < -0.39 is 0 Å². The fourth-order valence-electron chi connectivity index (χ4n) is 1.09. The van der Waals surface area contributed by atoms with Crippen LogP contribution in [-0.2, 0) is 4.79 Å². The fraction of sp³-hybridized carbons (Fsp3) is 0.333. The Morgan fingerprint density at radius 3 is 3.09 bits per heavy atom. The van der Waals surface area contributed by atoms with Gasteiger partial charge in [-0.1, -0.05) is 11.8 Å². The number of β-lactam (4-membered cyclic amide) rings is 1. The summed E-state index contributed by atoms with van der Waals surface area (Å²) in [6.45, 7) is 0. The molecule has 0 aromatic heterocycles. The minimum absolute atomic E-state index is 0.0530. The van der Waals surface area contributed by atoms with Crippen LogP contribution in [0.4, 0.5) is 0 Å². The standard InChI is InChI=1S/C6H7N3OS/c7-6(8)3-2-9-4(10)1-5(9)11-3/h2,5H,1H2,(H3,7,8)/t5-/m1/s1. The molecule has 2 aliphatic heterocycles. The van der Waals surface area contributed by atoms with Gasteiger partial charge < -0.3 is 10.6 Å². The highest BCUT2D eigenvalue weighted by molar-refractivity contribution is 8.04. The zero-order valence-corrected chi connectivity index (χ0v) is 6.52. The highest BCUT2D eigenvalue weighted by Crippen LogP contribution is 2.40. The number of fused-ring (bicyclic) bond motifs is 1. The molecular formula is C6H7N3OS. The second-order valence-corrected chi connectivity index (χ2v) is 3.70. The molecule has 2 aliphatic rings. The number of amidine groups is 1. The second kappa shape index (κ2) is 2.01. The van der Waals surface area contributed by atoms with Crippen molar-refractivity contribution in [1.82, 2.24) is 4.90 Å². The van der Waals surface area contributed by atoms with E-state index in [1.807, 2.05) is 0 Å². The van der Waals surface area contributed by atoms with E-state index in [-0.39, 0.29) is 17.1 Å². The quantitative estimate of drug-likeness (QED) is 0.331. The third kappa shape index (κ3) is 0.841. The molecule has 2 rings (SSSR count). The molecule has 0 aromatic rings. The highest BCUT2D eigenvalue weighted by Gasteiger charge is 2.40. The van der Waals surface area contributed by atoms with Gasteiger partial charge in [-0.25, -0.2) is 0 Å². The Bertz CT molecular complexity index is 273. The first-order chi connectivity index (χ1) is 5.18. The molecule has 58 valence electrons. The molecule has 0 bridgehead atoms. The first-order valence-corrected chi connectivity index (χ1v) is 4.10. The first kappa shape index (κ1) is 6.72. The van der Waals surface area contributed by atoms with E-state index in [0.29, 0.717) is 11.3 Å². The molecule has 1 saturated heterocycles. The van der Waals surface area contributed by atoms with E-state index in [0.717, 1.165) is 0 Å². The summed E-state index contributed by atoms with van der Waals surface area (Å²) in [7, 11) is 0. The van der Waals surface area contributed by atoms with Gasteiger partial charge in [0, 0.05) is 6.20 Å². The molecule has 0 unspecified atom stereocenters. The SMILES string of the molecule is N=C(N)C1=CN2C(=O)C[C@H]2S1. The van der Waals surface area contributed by atoms with Crippen LogP contribution in [0.2, 0.25) is 0 Å². The maximum absolute atomic E-state index is 10.8. The average Bonchev–Trinajstić information content (AvgIpc) is 2.26. The first-order valence-electron chi connectivity index (χ1n) is 3.22. The summed E-state index contributed by atoms with van der Waals surface area (Å²) in [6.07, 6.45) is 2.24. The summed E-state index contributed by atoms with van der Waals surface area (Å²) in [4.78, 5) is 13.2. The number of carbonyl (C=O) groups excluding carboxylic acids is 1. The number of carbonyl (C=O) groups is 1. The number of nitrogens with zero attached hydrogens (tertiary/aromatic N) is 1. The molecule has 0 saturated carbocycles. The molecular weight excluding hydrogens is 162 g/mol. The van der Waals surface area contributed by atoms with Crippen LogP contribution in [0.25, 0.3) is 0 Å². The van der Waals surface area contributed by atoms with Crippen molar-refractivity contribution in [1.29, 1.82) is 5.41 Å². The van der Waals surface area contributed by atoms with Crippen molar-refractivity contribution in [3.8, 4) is 0 Å². The summed E-state index contributed by atoms with van der Waals surface area (Å²) < 4.78 is 0. The summed E-state index contributed by atoms with van der Waals surface area (Å²) in [6, 6.07) is 0. The van der Waals surface area contributed by atoms with E-state index in [1.165, 1.54) is 11.8 Å². The maximum Gasteiger partial charge on any atom is 0.230 e. The predicted octanol–water partition coefficient (Wildman–Crippen LogP) is 0.0690. The Labute approximate surface area is 67.9 Å². The number of hydrogen-bond donors (Lipinski definition) is 2. The molecule has 0 spiro atoms. The summed E-state index contributed by atoms with van der Waals surface area (Å²) in [5.41, 5.74) is 5.25. The van der Waals surface area contributed by atoms with Crippen LogP contribution in [0.5, 0.6) is 0 Å². The molecule has 1 fully saturated rings. The normalized spacial score (nSPS) is 27.6. The minimum Gasteiger partial charge on any atom is -0.383 e. The van der Waals surface area contributed by atoms with Gasteiger partial charge in [0.1, 0.15) is 5.84 Å².